The largest absolute Gasteiger partial charge is 0.355 e. The number of hydrazine groups is 1. The van der Waals surface area contributed by atoms with E-state index in [1.54, 1.807) is 6.20 Å². The van der Waals surface area contributed by atoms with Gasteiger partial charge in [0.05, 0.1) is 5.69 Å². The number of amides is 1. The van der Waals surface area contributed by atoms with E-state index in [1.165, 1.54) is 0 Å². The standard InChI is InChI=1S/C15H18N6O/c1-10-5-12(3-4-13(10)6-18-9-22)14-7-19-15(20-11(14)2)21(17)8-16/h3-5,7-9,16H,6,17H2,1-2H3,(H,18,22). The van der Waals surface area contributed by atoms with Crippen LogP contribution in [0.4, 0.5) is 5.95 Å². The van der Waals surface area contributed by atoms with Gasteiger partial charge in [-0.25, -0.2) is 20.8 Å². The van der Waals surface area contributed by atoms with E-state index in [4.69, 9.17) is 11.3 Å². The summed E-state index contributed by atoms with van der Waals surface area (Å²) in [6, 6.07) is 5.97. The molecule has 7 heteroatoms. The van der Waals surface area contributed by atoms with Crippen LogP contribution in [0.3, 0.4) is 0 Å². The van der Waals surface area contributed by atoms with E-state index in [0.717, 1.165) is 39.3 Å². The molecule has 1 amide bonds. The number of hydrogen-bond acceptors (Lipinski definition) is 5. The Labute approximate surface area is 128 Å². The highest BCUT2D eigenvalue weighted by molar-refractivity contribution is 5.73. The Balaban J connectivity index is 2.34. The molecule has 0 saturated heterocycles. The van der Waals surface area contributed by atoms with Crippen LogP contribution in [0.5, 0.6) is 0 Å². The zero-order valence-electron chi connectivity index (χ0n) is 12.5. The lowest BCUT2D eigenvalue weighted by atomic mass is 10.00. The second kappa shape index (κ2) is 6.77. The number of hydrogen-bond donors (Lipinski definition) is 3. The summed E-state index contributed by atoms with van der Waals surface area (Å²) in [5.74, 6) is 5.85. The second-order valence-corrected chi connectivity index (χ2v) is 4.85. The molecule has 0 saturated carbocycles. The van der Waals surface area contributed by atoms with Gasteiger partial charge in [0.2, 0.25) is 12.4 Å². The first-order valence-electron chi connectivity index (χ1n) is 6.72. The zero-order chi connectivity index (χ0) is 16.1. The minimum atomic E-state index is 0.278. The van der Waals surface area contributed by atoms with Crippen molar-refractivity contribution < 1.29 is 4.79 Å². The molecule has 1 heterocycles. The van der Waals surface area contributed by atoms with Crippen molar-refractivity contribution in [3.8, 4) is 11.1 Å². The van der Waals surface area contributed by atoms with E-state index in [9.17, 15) is 4.79 Å². The molecular weight excluding hydrogens is 280 g/mol. The minimum Gasteiger partial charge on any atom is -0.355 e. The third-order valence-corrected chi connectivity index (χ3v) is 3.37. The molecule has 0 unspecified atom stereocenters. The molecule has 0 aliphatic heterocycles. The Morgan fingerprint density at radius 3 is 2.77 bits per heavy atom. The van der Waals surface area contributed by atoms with Crippen LogP contribution in [0.15, 0.2) is 24.4 Å². The molecule has 4 N–H and O–H groups in total. The van der Waals surface area contributed by atoms with E-state index in [1.807, 2.05) is 32.0 Å². The van der Waals surface area contributed by atoms with Gasteiger partial charge in [-0.1, -0.05) is 18.2 Å². The van der Waals surface area contributed by atoms with Crippen LogP contribution in [0.25, 0.3) is 11.1 Å². The van der Waals surface area contributed by atoms with Crippen LogP contribution in [0, 0.1) is 19.3 Å². The molecule has 2 aromatic rings. The molecule has 0 atom stereocenters. The van der Waals surface area contributed by atoms with E-state index >= 15 is 0 Å². The van der Waals surface area contributed by atoms with Crippen LogP contribution in [0.1, 0.15) is 16.8 Å². The van der Waals surface area contributed by atoms with Gasteiger partial charge in [0.25, 0.3) is 0 Å². The van der Waals surface area contributed by atoms with Crippen molar-refractivity contribution in [2.45, 2.75) is 20.4 Å². The molecule has 0 aliphatic rings. The van der Waals surface area contributed by atoms with Crippen LogP contribution < -0.4 is 16.2 Å². The number of rotatable bonds is 6. The number of aromatic nitrogens is 2. The number of nitrogens with two attached hydrogens (primary N) is 1. The lowest BCUT2D eigenvalue weighted by Gasteiger charge is -2.13. The quantitative estimate of drug-likeness (QED) is 0.245. The molecule has 0 fully saturated rings. The molecule has 0 bridgehead atoms. The zero-order valence-corrected chi connectivity index (χ0v) is 12.5. The first kappa shape index (κ1) is 15.6. The Morgan fingerprint density at radius 1 is 1.41 bits per heavy atom. The SMILES string of the molecule is Cc1cc(-c2cnc(N(N)C=N)nc2C)ccc1CNC=O. The first-order valence-corrected chi connectivity index (χ1v) is 6.72. The minimum absolute atomic E-state index is 0.278. The number of anilines is 1. The van der Waals surface area contributed by atoms with Crippen LogP contribution in [-0.2, 0) is 11.3 Å². The fourth-order valence-electron chi connectivity index (χ4n) is 2.13. The van der Waals surface area contributed by atoms with Crippen molar-refractivity contribution in [3.05, 3.63) is 41.2 Å². The van der Waals surface area contributed by atoms with Gasteiger partial charge in [-0.05, 0) is 30.5 Å². The van der Waals surface area contributed by atoms with Gasteiger partial charge in [-0.3, -0.25) is 10.2 Å². The number of benzene rings is 1. The Morgan fingerprint density at radius 2 is 2.18 bits per heavy atom. The van der Waals surface area contributed by atoms with Crippen LogP contribution >= 0.6 is 0 Å². The van der Waals surface area contributed by atoms with E-state index in [-0.39, 0.29) is 5.95 Å². The predicted octanol–water partition coefficient (Wildman–Crippen LogP) is 1.29. The van der Waals surface area contributed by atoms with E-state index in [2.05, 4.69) is 15.3 Å². The molecule has 7 nitrogen and oxygen atoms in total. The number of carbonyl (C=O) groups excluding carboxylic acids is 1. The highest BCUT2D eigenvalue weighted by Crippen LogP contribution is 2.25. The number of nitrogens with one attached hydrogen (secondary N) is 2. The van der Waals surface area contributed by atoms with Gasteiger partial charge < -0.3 is 5.32 Å². The lowest BCUT2D eigenvalue weighted by Crippen LogP contribution is -2.30. The fourth-order valence-corrected chi connectivity index (χ4v) is 2.13. The molecule has 1 aromatic carbocycles. The number of aryl methyl sites for hydroxylation is 2. The van der Waals surface area contributed by atoms with Gasteiger partial charge in [0.1, 0.15) is 6.34 Å². The van der Waals surface area contributed by atoms with Crippen molar-refractivity contribution in [2.75, 3.05) is 5.01 Å². The van der Waals surface area contributed by atoms with Crippen LogP contribution in [0.2, 0.25) is 0 Å². The normalized spacial score (nSPS) is 10.1. The monoisotopic (exact) mass is 298 g/mol. The lowest BCUT2D eigenvalue weighted by molar-refractivity contribution is -0.109. The fraction of sp³-hybridized carbons (Fsp3) is 0.200. The van der Waals surface area contributed by atoms with Gasteiger partial charge in [0, 0.05) is 18.3 Å². The van der Waals surface area contributed by atoms with Gasteiger partial charge in [0.15, 0.2) is 0 Å². The first-order chi connectivity index (χ1) is 10.6. The third-order valence-electron chi connectivity index (χ3n) is 3.37. The maximum absolute atomic E-state index is 10.4. The molecule has 22 heavy (non-hydrogen) atoms. The topological polar surface area (TPSA) is 108 Å². The summed E-state index contributed by atoms with van der Waals surface area (Å²) >= 11 is 0. The summed E-state index contributed by atoms with van der Waals surface area (Å²) in [5, 5.41) is 10.8. The number of carbonyl (C=O) groups is 1. The Kier molecular flexibility index (Phi) is 4.80. The van der Waals surface area contributed by atoms with Gasteiger partial charge in [-0.2, -0.15) is 0 Å². The maximum atomic E-state index is 10.4. The van der Waals surface area contributed by atoms with Gasteiger partial charge in [-0.15, -0.1) is 0 Å². The molecular formula is C15H18N6O. The summed E-state index contributed by atoms with van der Waals surface area (Å²) in [6.45, 7) is 4.37. The molecule has 2 rings (SSSR count). The molecule has 114 valence electrons. The smallest absolute Gasteiger partial charge is 0.245 e. The van der Waals surface area contributed by atoms with Crippen molar-refractivity contribution in [1.29, 1.82) is 5.41 Å². The van der Waals surface area contributed by atoms with Crippen molar-refractivity contribution in [1.82, 2.24) is 15.3 Å². The van der Waals surface area contributed by atoms with Crippen LogP contribution in [-0.4, -0.2) is 22.7 Å². The third kappa shape index (κ3) is 3.26. The average Bonchev–Trinajstić information content (AvgIpc) is 2.52. The van der Waals surface area contributed by atoms with Crippen molar-refractivity contribution in [2.24, 2.45) is 5.84 Å². The molecule has 0 spiro atoms. The highest BCUT2D eigenvalue weighted by atomic mass is 16.1. The summed E-state index contributed by atoms with van der Waals surface area (Å²) in [4.78, 5) is 18.8. The van der Waals surface area contributed by atoms with E-state index < -0.39 is 0 Å². The van der Waals surface area contributed by atoms with Gasteiger partial charge >= 0.3 is 0 Å². The summed E-state index contributed by atoms with van der Waals surface area (Å²) in [6.07, 6.45) is 3.33. The maximum Gasteiger partial charge on any atom is 0.245 e. The van der Waals surface area contributed by atoms with E-state index in [0.29, 0.717) is 13.0 Å². The second-order valence-electron chi connectivity index (χ2n) is 4.85. The van der Waals surface area contributed by atoms with Crippen molar-refractivity contribution in [3.63, 3.8) is 0 Å². The Hall–Kier alpha value is -2.80. The predicted molar refractivity (Wildman–Crippen MR) is 85.3 cm³/mol. The summed E-state index contributed by atoms with van der Waals surface area (Å²) in [7, 11) is 0. The molecule has 0 aliphatic carbocycles. The number of nitrogens with zero attached hydrogens (tertiary/aromatic N) is 3. The van der Waals surface area contributed by atoms with Crippen molar-refractivity contribution >= 4 is 18.7 Å². The highest BCUT2D eigenvalue weighted by Gasteiger charge is 2.09. The summed E-state index contributed by atoms with van der Waals surface area (Å²) in [5.41, 5.74) is 4.81. The summed E-state index contributed by atoms with van der Waals surface area (Å²) < 4.78 is 0. The molecule has 0 radical (unpaired) electrons. The molecule has 1 aromatic heterocycles. The average molecular weight is 298 g/mol. The Bertz CT molecular complexity index is 700.